The zero-order valence-electron chi connectivity index (χ0n) is 14.4. The lowest BCUT2D eigenvalue weighted by Crippen LogP contribution is -2.24. The van der Waals surface area contributed by atoms with E-state index in [1.54, 1.807) is 42.5 Å². The van der Waals surface area contributed by atoms with Crippen molar-refractivity contribution in [2.45, 2.75) is 19.4 Å². The van der Waals surface area contributed by atoms with Gasteiger partial charge in [0.15, 0.2) is 0 Å². The number of aromatic hydroxyl groups is 1. The Morgan fingerprint density at radius 2 is 1.92 bits per heavy atom. The van der Waals surface area contributed by atoms with Gasteiger partial charge < -0.3 is 5.11 Å². The van der Waals surface area contributed by atoms with Crippen molar-refractivity contribution in [2.75, 3.05) is 11.0 Å². The van der Waals surface area contributed by atoms with E-state index in [2.05, 4.69) is 9.82 Å². The first kappa shape index (κ1) is 17.9. The number of hydrogen-bond donors (Lipinski definition) is 2. The van der Waals surface area contributed by atoms with Crippen LogP contribution in [0.4, 0.5) is 5.69 Å². The molecular weight excluding hydrogens is 354 g/mol. The van der Waals surface area contributed by atoms with Crippen LogP contribution in [0.1, 0.15) is 30.5 Å². The summed E-state index contributed by atoms with van der Waals surface area (Å²) in [5, 5.41) is 15.3. The Bertz CT molecular complexity index is 968. The van der Waals surface area contributed by atoms with Crippen LogP contribution >= 0.6 is 0 Å². The van der Waals surface area contributed by atoms with E-state index in [0.717, 1.165) is 17.4 Å². The quantitative estimate of drug-likeness (QED) is 0.860. The minimum atomic E-state index is -3.38. The van der Waals surface area contributed by atoms with E-state index in [4.69, 9.17) is 0 Å². The van der Waals surface area contributed by atoms with Gasteiger partial charge in [-0.25, -0.2) is 13.4 Å². The molecule has 1 amide bonds. The van der Waals surface area contributed by atoms with Crippen molar-refractivity contribution in [1.82, 2.24) is 5.01 Å². The van der Waals surface area contributed by atoms with Crippen LogP contribution in [-0.4, -0.2) is 36.4 Å². The highest BCUT2D eigenvalue weighted by atomic mass is 32.2. The summed E-state index contributed by atoms with van der Waals surface area (Å²) in [4.78, 5) is 12.0. The van der Waals surface area contributed by atoms with Gasteiger partial charge in [0.2, 0.25) is 15.9 Å². The molecule has 2 aromatic rings. The third-order valence-electron chi connectivity index (χ3n) is 4.01. The van der Waals surface area contributed by atoms with Gasteiger partial charge in [-0.3, -0.25) is 9.52 Å². The van der Waals surface area contributed by atoms with E-state index in [9.17, 15) is 18.3 Å². The summed E-state index contributed by atoms with van der Waals surface area (Å²) in [7, 11) is -3.38. The van der Waals surface area contributed by atoms with Gasteiger partial charge in [0.25, 0.3) is 0 Å². The molecule has 0 aromatic heterocycles. The molecule has 3 rings (SSSR count). The lowest BCUT2D eigenvalue weighted by atomic mass is 9.98. The Labute approximate surface area is 152 Å². The monoisotopic (exact) mass is 373 g/mol. The minimum Gasteiger partial charge on any atom is -0.508 e. The number of benzene rings is 2. The van der Waals surface area contributed by atoms with Gasteiger partial charge in [-0.05, 0) is 35.4 Å². The number of sulfonamides is 1. The molecule has 0 bridgehead atoms. The van der Waals surface area contributed by atoms with Gasteiger partial charge >= 0.3 is 0 Å². The van der Waals surface area contributed by atoms with Crippen LogP contribution in [0.5, 0.6) is 5.75 Å². The highest BCUT2D eigenvalue weighted by molar-refractivity contribution is 7.92. The number of hydrazone groups is 1. The van der Waals surface area contributed by atoms with Crippen molar-refractivity contribution >= 4 is 27.3 Å². The molecule has 0 saturated carbocycles. The van der Waals surface area contributed by atoms with Crippen LogP contribution in [0.3, 0.4) is 0 Å². The summed E-state index contributed by atoms with van der Waals surface area (Å²) in [6, 6.07) is 13.3. The number of amides is 1. The number of carbonyl (C=O) groups is 1. The molecular formula is C18H19N3O4S. The van der Waals surface area contributed by atoms with E-state index in [0.29, 0.717) is 17.8 Å². The molecule has 2 aromatic carbocycles. The predicted molar refractivity (Wildman–Crippen MR) is 99.4 cm³/mol. The maximum absolute atomic E-state index is 12.0. The Morgan fingerprint density at radius 3 is 2.54 bits per heavy atom. The van der Waals surface area contributed by atoms with Crippen LogP contribution in [0.25, 0.3) is 0 Å². The molecule has 0 aliphatic carbocycles. The van der Waals surface area contributed by atoms with Crippen molar-refractivity contribution in [1.29, 1.82) is 0 Å². The maximum Gasteiger partial charge on any atom is 0.240 e. The number of nitrogens with zero attached hydrogens (tertiary/aromatic N) is 2. The molecule has 0 radical (unpaired) electrons. The summed E-state index contributed by atoms with van der Waals surface area (Å²) < 4.78 is 25.3. The molecule has 1 aliphatic heterocycles. The highest BCUT2D eigenvalue weighted by Crippen LogP contribution is 2.33. The molecule has 2 N–H and O–H groups in total. The van der Waals surface area contributed by atoms with Gasteiger partial charge in [-0.2, -0.15) is 5.10 Å². The van der Waals surface area contributed by atoms with Gasteiger partial charge in [0, 0.05) is 19.0 Å². The number of nitrogens with one attached hydrogen (secondary N) is 1. The third-order valence-corrected chi connectivity index (χ3v) is 4.62. The second-order valence-electron chi connectivity index (χ2n) is 6.18. The molecule has 1 atom stereocenters. The smallest absolute Gasteiger partial charge is 0.240 e. The van der Waals surface area contributed by atoms with E-state index in [1.807, 2.05) is 6.07 Å². The largest absolute Gasteiger partial charge is 0.508 e. The van der Waals surface area contributed by atoms with Crippen molar-refractivity contribution in [3.63, 3.8) is 0 Å². The average Bonchev–Trinajstić information content (AvgIpc) is 3.00. The summed E-state index contributed by atoms with van der Waals surface area (Å²) in [5.41, 5.74) is 2.74. The highest BCUT2D eigenvalue weighted by Gasteiger charge is 2.31. The predicted octanol–water partition coefficient (Wildman–Crippen LogP) is 2.46. The van der Waals surface area contributed by atoms with Crippen molar-refractivity contribution < 1.29 is 18.3 Å². The topological polar surface area (TPSA) is 99.1 Å². The lowest BCUT2D eigenvalue weighted by Gasteiger charge is -2.20. The second-order valence-corrected chi connectivity index (χ2v) is 7.93. The maximum atomic E-state index is 12.0. The van der Waals surface area contributed by atoms with Crippen LogP contribution in [0, 0.1) is 0 Å². The van der Waals surface area contributed by atoms with E-state index >= 15 is 0 Å². The van der Waals surface area contributed by atoms with Gasteiger partial charge in [-0.15, -0.1) is 0 Å². The molecule has 0 spiro atoms. The molecule has 0 saturated heterocycles. The Kier molecular flexibility index (Phi) is 4.69. The van der Waals surface area contributed by atoms with Crippen LogP contribution in [-0.2, 0) is 14.8 Å². The van der Waals surface area contributed by atoms with Crippen LogP contribution < -0.4 is 4.72 Å². The molecule has 7 nitrogen and oxygen atoms in total. The van der Waals surface area contributed by atoms with Crippen molar-refractivity contribution in [3.8, 4) is 5.75 Å². The number of phenolic OH excluding ortho intramolecular Hbond substituents is 1. The van der Waals surface area contributed by atoms with Gasteiger partial charge in [-0.1, -0.05) is 24.3 Å². The molecule has 8 heteroatoms. The molecule has 136 valence electrons. The zero-order chi connectivity index (χ0) is 18.9. The lowest BCUT2D eigenvalue weighted by molar-refractivity contribution is -0.130. The Balaban J connectivity index is 1.91. The van der Waals surface area contributed by atoms with Crippen molar-refractivity contribution in [2.24, 2.45) is 5.10 Å². The number of anilines is 1. The van der Waals surface area contributed by atoms with Gasteiger partial charge in [0.1, 0.15) is 5.75 Å². The summed E-state index contributed by atoms with van der Waals surface area (Å²) in [6.07, 6.45) is 1.58. The first-order valence-electron chi connectivity index (χ1n) is 7.97. The number of hydrogen-bond acceptors (Lipinski definition) is 5. The fourth-order valence-electron chi connectivity index (χ4n) is 2.91. The number of carbonyl (C=O) groups excluding carboxylic acids is 1. The van der Waals surface area contributed by atoms with Crippen LogP contribution in [0.15, 0.2) is 53.6 Å². The van der Waals surface area contributed by atoms with E-state index < -0.39 is 10.0 Å². The van der Waals surface area contributed by atoms with E-state index in [-0.39, 0.29) is 17.7 Å². The normalized spacial score (nSPS) is 17.1. The average molecular weight is 373 g/mol. The first-order valence-corrected chi connectivity index (χ1v) is 9.86. The molecule has 26 heavy (non-hydrogen) atoms. The summed E-state index contributed by atoms with van der Waals surface area (Å²) in [5.74, 6) is -0.0368. The summed E-state index contributed by atoms with van der Waals surface area (Å²) >= 11 is 0. The number of phenols is 1. The standard InChI is InChI=1S/C18H19N3O4S/c1-12(22)21-18(13-6-8-16(23)9-7-13)11-17(19-21)14-4-3-5-15(10-14)20-26(2,24)25/h3-10,18,20,23H,11H2,1-2H3/t18-/m1/s1. The second kappa shape index (κ2) is 6.80. The van der Waals surface area contributed by atoms with Crippen LogP contribution in [0.2, 0.25) is 0 Å². The molecule has 1 aliphatic rings. The van der Waals surface area contributed by atoms with Gasteiger partial charge in [0.05, 0.1) is 18.0 Å². The molecule has 0 fully saturated rings. The Hall–Kier alpha value is -2.87. The van der Waals surface area contributed by atoms with E-state index in [1.165, 1.54) is 11.9 Å². The van der Waals surface area contributed by atoms with Crippen molar-refractivity contribution in [3.05, 3.63) is 59.7 Å². The SMILES string of the molecule is CC(=O)N1N=C(c2cccc(NS(C)(=O)=O)c2)C[C@@H]1c1ccc(O)cc1. The molecule has 0 unspecified atom stereocenters. The fourth-order valence-corrected chi connectivity index (χ4v) is 3.46. The first-order chi connectivity index (χ1) is 12.2. The third kappa shape index (κ3) is 4.02. The molecule has 1 heterocycles. The minimum absolute atomic E-state index is 0.154. The number of rotatable bonds is 4. The summed E-state index contributed by atoms with van der Waals surface area (Å²) in [6.45, 7) is 1.45. The Morgan fingerprint density at radius 1 is 1.23 bits per heavy atom. The fraction of sp³-hybridized carbons (Fsp3) is 0.222. The zero-order valence-corrected chi connectivity index (χ0v) is 15.2.